The highest BCUT2D eigenvalue weighted by atomic mass is 79.9. The van der Waals surface area contributed by atoms with E-state index in [1.54, 1.807) is 47.1 Å². The highest BCUT2D eigenvalue weighted by molar-refractivity contribution is 9.10. The van der Waals surface area contributed by atoms with Gasteiger partial charge in [-0.2, -0.15) is 5.10 Å². The van der Waals surface area contributed by atoms with Gasteiger partial charge >= 0.3 is 0 Å². The van der Waals surface area contributed by atoms with Gasteiger partial charge in [-0.25, -0.2) is 18.2 Å². The number of amides is 1. The Bertz CT molecular complexity index is 1590. The van der Waals surface area contributed by atoms with Crippen molar-refractivity contribution in [1.29, 1.82) is 0 Å². The number of carbonyl (C=O) groups excluding carboxylic acids is 2. The number of Topliss-reactive ketones (excluding diaryl/α,β-unsaturated/α-hetero) is 1. The second kappa shape index (κ2) is 11.9. The van der Waals surface area contributed by atoms with Crippen LogP contribution in [0.25, 0.3) is 16.9 Å². The Morgan fingerprint density at radius 2 is 1.64 bits per heavy atom. The van der Waals surface area contributed by atoms with Crippen molar-refractivity contribution < 1.29 is 22.7 Å². The highest BCUT2D eigenvalue weighted by Crippen LogP contribution is 2.32. The number of primary sulfonamides is 1. The zero-order chi connectivity index (χ0) is 28.2. The third kappa shape index (κ3) is 6.79. The van der Waals surface area contributed by atoms with Crippen LogP contribution in [0.3, 0.4) is 0 Å². The third-order valence-corrected chi connectivity index (χ3v) is 7.38. The number of benzene rings is 3. The number of nitrogens with two attached hydrogens (primary N) is 2. The molecule has 10 nitrogen and oxygen atoms in total. The molecule has 1 atom stereocenters. The van der Waals surface area contributed by atoms with Crippen molar-refractivity contribution in [3.05, 3.63) is 94.6 Å². The second-order valence-electron chi connectivity index (χ2n) is 8.64. The monoisotopic (exact) mass is 611 g/mol. The number of hydrogen-bond donors (Lipinski definition) is 3. The minimum atomic E-state index is -3.88. The quantitative estimate of drug-likeness (QED) is 0.232. The Morgan fingerprint density at radius 3 is 2.23 bits per heavy atom. The molecule has 0 saturated carbocycles. The molecule has 202 valence electrons. The van der Waals surface area contributed by atoms with E-state index < -0.39 is 15.9 Å². The van der Waals surface area contributed by atoms with Gasteiger partial charge in [0.15, 0.2) is 5.78 Å². The van der Waals surface area contributed by atoms with Gasteiger partial charge in [0.05, 0.1) is 27.9 Å². The summed E-state index contributed by atoms with van der Waals surface area (Å²) in [4.78, 5) is 25.0. The van der Waals surface area contributed by atoms with Crippen LogP contribution in [0.4, 0.5) is 5.69 Å². The lowest BCUT2D eigenvalue weighted by molar-refractivity contribution is -0.129. The maximum atomic E-state index is 13.5. The Kier molecular flexibility index (Phi) is 8.60. The number of anilines is 1. The lowest BCUT2D eigenvalue weighted by atomic mass is 9.91. The molecule has 39 heavy (non-hydrogen) atoms. The highest BCUT2D eigenvalue weighted by Gasteiger charge is 2.27. The number of rotatable bonds is 10. The van der Waals surface area contributed by atoms with Crippen LogP contribution >= 0.6 is 15.9 Å². The predicted molar refractivity (Wildman–Crippen MR) is 151 cm³/mol. The van der Waals surface area contributed by atoms with Gasteiger partial charge in [0.25, 0.3) is 0 Å². The SMILES string of the molecule is CNC(=O)COCC(=O)C(c1ccc(N)cc1)c1cc(-c2ccc(Br)cc2)n(-c2ccc(S(N)(=O)=O)cc2)n1. The molecule has 12 heteroatoms. The first-order valence-electron chi connectivity index (χ1n) is 11.7. The first kappa shape index (κ1) is 28.2. The van der Waals surface area contributed by atoms with E-state index in [1.807, 2.05) is 24.3 Å². The summed E-state index contributed by atoms with van der Waals surface area (Å²) in [5.74, 6) is -1.48. The van der Waals surface area contributed by atoms with Crippen molar-refractivity contribution in [2.75, 3.05) is 26.0 Å². The van der Waals surface area contributed by atoms with E-state index in [-0.39, 0.29) is 29.8 Å². The van der Waals surface area contributed by atoms with Crippen LogP contribution in [-0.4, -0.2) is 50.2 Å². The Hall–Kier alpha value is -3.84. The van der Waals surface area contributed by atoms with Gasteiger partial charge in [0.2, 0.25) is 15.9 Å². The van der Waals surface area contributed by atoms with E-state index in [9.17, 15) is 18.0 Å². The number of nitrogen functional groups attached to an aromatic ring is 1. The fraction of sp³-hybridized carbons (Fsp3) is 0.148. The van der Waals surface area contributed by atoms with Crippen LogP contribution in [-0.2, 0) is 24.3 Å². The molecule has 0 radical (unpaired) electrons. The number of sulfonamides is 1. The molecule has 1 aromatic heterocycles. The van der Waals surface area contributed by atoms with Crippen molar-refractivity contribution in [2.45, 2.75) is 10.8 Å². The topological polar surface area (TPSA) is 159 Å². The van der Waals surface area contributed by atoms with E-state index in [0.717, 1.165) is 10.0 Å². The van der Waals surface area contributed by atoms with Crippen molar-refractivity contribution in [3.8, 4) is 16.9 Å². The molecule has 0 spiro atoms. The first-order valence-corrected chi connectivity index (χ1v) is 14.1. The summed E-state index contributed by atoms with van der Waals surface area (Å²) in [7, 11) is -2.39. The summed E-state index contributed by atoms with van der Waals surface area (Å²) in [6.45, 7) is -0.572. The summed E-state index contributed by atoms with van der Waals surface area (Å²) in [6, 6.07) is 22.2. The van der Waals surface area contributed by atoms with Gasteiger partial charge in [-0.15, -0.1) is 0 Å². The van der Waals surface area contributed by atoms with E-state index >= 15 is 0 Å². The molecule has 0 aliphatic rings. The van der Waals surface area contributed by atoms with Gasteiger partial charge in [-0.3, -0.25) is 9.59 Å². The number of ketones is 1. The van der Waals surface area contributed by atoms with Gasteiger partial charge in [-0.1, -0.05) is 40.2 Å². The fourth-order valence-corrected chi connectivity index (χ4v) is 4.73. The van der Waals surface area contributed by atoms with E-state index in [2.05, 4.69) is 21.2 Å². The average Bonchev–Trinajstić information content (AvgIpc) is 3.34. The van der Waals surface area contributed by atoms with Crippen LogP contribution in [0.15, 0.2) is 88.2 Å². The second-order valence-corrected chi connectivity index (χ2v) is 11.1. The van der Waals surface area contributed by atoms with Gasteiger partial charge in [-0.05, 0) is 60.2 Å². The van der Waals surface area contributed by atoms with E-state index in [4.69, 9.17) is 20.7 Å². The minimum absolute atomic E-state index is 0.0352. The number of ether oxygens (including phenoxy) is 1. The molecule has 0 bridgehead atoms. The zero-order valence-corrected chi connectivity index (χ0v) is 23.3. The number of likely N-dealkylation sites (N-methyl/N-ethyl adjacent to an activating group) is 1. The van der Waals surface area contributed by atoms with Crippen LogP contribution < -0.4 is 16.2 Å². The molecule has 0 aliphatic carbocycles. The Morgan fingerprint density at radius 1 is 1.00 bits per heavy atom. The lowest BCUT2D eigenvalue weighted by Gasteiger charge is -2.15. The molecule has 5 N–H and O–H groups in total. The summed E-state index contributed by atoms with van der Waals surface area (Å²) >= 11 is 3.44. The molecule has 4 rings (SSSR count). The van der Waals surface area contributed by atoms with Crippen molar-refractivity contribution in [2.24, 2.45) is 5.14 Å². The van der Waals surface area contributed by atoms with Crippen LogP contribution in [0.1, 0.15) is 17.2 Å². The molecule has 1 unspecified atom stereocenters. The maximum Gasteiger partial charge on any atom is 0.245 e. The summed E-state index contributed by atoms with van der Waals surface area (Å²) in [6.07, 6.45) is 0. The van der Waals surface area contributed by atoms with Crippen molar-refractivity contribution in [1.82, 2.24) is 15.1 Å². The largest absolute Gasteiger partial charge is 0.399 e. The van der Waals surface area contributed by atoms with E-state index in [0.29, 0.717) is 28.3 Å². The standard InChI is InChI=1S/C27H26BrN5O5S/c1-31-26(35)16-38-15-25(34)27(18-4-8-20(29)9-5-18)23-14-24(17-2-6-19(28)7-3-17)33(32-23)21-10-12-22(13-11-21)39(30,36)37/h2-14,27H,15-16,29H2,1H3,(H,31,35)(H2,30,36,37). The summed E-state index contributed by atoms with van der Waals surface area (Å²) in [5, 5.41) is 12.5. The van der Waals surface area contributed by atoms with Gasteiger partial charge in [0.1, 0.15) is 13.2 Å². The molecule has 1 amide bonds. The number of halogens is 1. The number of carbonyl (C=O) groups is 2. The van der Waals surface area contributed by atoms with Crippen molar-refractivity contribution >= 4 is 43.3 Å². The molecular formula is C27H26BrN5O5S. The summed E-state index contributed by atoms with van der Waals surface area (Å²) in [5.41, 5.74) is 9.53. The third-order valence-electron chi connectivity index (χ3n) is 5.92. The molecule has 0 aliphatic heterocycles. The number of aromatic nitrogens is 2. The molecule has 3 aromatic carbocycles. The smallest absolute Gasteiger partial charge is 0.245 e. The van der Waals surface area contributed by atoms with Crippen LogP contribution in [0.2, 0.25) is 0 Å². The number of nitrogens with zero attached hydrogens (tertiary/aromatic N) is 2. The first-order chi connectivity index (χ1) is 18.6. The molecule has 1 heterocycles. The molecule has 4 aromatic rings. The van der Waals surface area contributed by atoms with Gasteiger partial charge in [0, 0.05) is 22.8 Å². The molecular weight excluding hydrogens is 586 g/mol. The lowest BCUT2D eigenvalue weighted by Crippen LogP contribution is -2.27. The summed E-state index contributed by atoms with van der Waals surface area (Å²) < 4.78 is 31.4. The molecule has 0 saturated heterocycles. The minimum Gasteiger partial charge on any atom is -0.399 e. The Balaban J connectivity index is 1.82. The van der Waals surface area contributed by atoms with E-state index in [1.165, 1.54) is 19.2 Å². The van der Waals surface area contributed by atoms with Crippen LogP contribution in [0, 0.1) is 0 Å². The molecule has 0 fully saturated rings. The number of hydrogen-bond acceptors (Lipinski definition) is 7. The maximum absolute atomic E-state index is 13.5. The average molecular weight is 613 g/mol. The van der Waals surface area contributed by atoms with Gasteiger partial charge < -0.3 is 15.8 Å². The van der Waals surface area contributed by atoms with Crippen molar-refractivity contribution in [3.63, 3.8) is 0 Å². The fourth-order valence-electron chi connectivity index (χ4n) is 3.95. The van der Waals surface area contributed by atoms with Crippen LogP contribution in [0.5, 0.6) is 0 Å². The Labute approximate surface area is 234 Å². The zero-order valence-electron chi connectivity index (χ0n) is 20.9. The predicted octanol–water partition coefficient (Wildman–Crippen LogP) is 3.00. The normalized spacial score (nSPS) is 12.2. The number of nitrogens with one attached hydrogen (secondary N) is 1.